The van der Waals surface area contributed by atoms with Gasteiger partial charge in [-0.05, 0) is 42.7 Å². The van der Waals surface area contributed by atoms with E-state index >= 15 is 0 Å². The maximum absolute atomic E-state index is 13.0. The van der Waals surface area contributed by atoms with Crippen molar-refractivity contribution in [2.45, 2.75) is 38.9 Å². The van der Waals surface area contributed by atoms with Gasteiger partial charge in [0.1, 0.15) is 0 Å². The molecular weight excluding hydrogens is 454 g/mol. The van der Waals surface area contributed by atoms with E-state index < -0.39 is 0 Å². The van der Waals surface area contributed by atoms with Crippen LogP contribution in [0.15, 0.2) is 40.3 Å². The van der Waals surface area contributed by atoms with Gasteiger partial charge in [0.15, 0.2) is 10.9 Å². The molecule has 0 aliphatic rings. The number of fused-ring (bicyclic) bond motifs is 1. The Morgan fingerprint density at radius 1 is 1.26 bits per heavy atom. The normalized spacial score (nSPS) is 11.3. The molecule has 0 fully saturated rings. The molecule has 2 heterocycles. The molecule has 6 nitrogen and oxygen atoms in total. The summed E-state index contributed by atoms with van der Waals surface area (Å²) in [4.78, 5) is 43.1. The van der Waals surface area contributed by atoms with Gasteiger partial charge in [-0.25, -0.2) is 4.98 Å². The Bertz CT molecular complexity index is 1170. The van der Waals surface area contributed by atoms with E-state index in [9.17, 15) is 14.4 Å². The van der Waals surface area contributed by atoms with Gasteiger partial charge in [-0.2, -0.15) is 0 Å². The molecule has 0 radical (unpaired) electrons. The highest BCUT2D eigenvalue weighted by atomic mass is 35.5. The number of benzene rings is 1. The Morgan fingerprint density at radius 2 is 2.03 bits per heavy atom. The van der Waals surface area contributed by atoms with Crippen LogP contribution in [0, 0.1) is 5.92 Å². The van der Waals surface area contributed by atoms with E-state index in [-0.39, 0.29) is 28.9 Å². The summed E-state index contributed by atoms with van der Waals surface area (Å²) >= 11 is 8.77. The monoisotopic (exact) mass is 477 g/mol. The highest BCUT2D eigenvalue weighted by Crippen LogP contribution is 2.24. The van der Waals surface area contributed by atoms with E-state index in [4.69, 9.17) is 11.6 Å². The number of aromatic nitrogens is 2. The van der Waals surface area contributed by atoms with Gasteiger partial charge in [0.2, 0.25) is 5.91 Å². The zero-order valence-corrected chi connectivity index (χ0v) is 20.0. The van der Waals surface area contributed by atoms with Gasteiger partial charge < -0.3 is 5.32 Å². The van der Waals surface area contributed by atoms with Crippen molar-refractivity contribution >= 4 is 57.3 Å². The third kappa shape index (κ3) is 6.18. The number of Topliss-reactive ketones (excluding diaryl/α,β-unsaturated/α-hetero) is 1. The van der Waals surface area contributed by atoms with E-state index in [1.54, 1.807) is 22.8 Å². The Morgan fingerprint density at radius 3 is 2.74 bits per heavy atom. The number of thioether (sulfide) groups is 1. The molecule has 1 N–H and O–H groups in total. The van der Waals surface area contributed by atoms with Crippen molar-refractivity contribution < 1.29 is 9.59 Å². The molecular formula is C22H24ClN3O3S2. The minimum Gasteiger partial charge on any atom is -0.356 e. The fraction of sp³-hybridized carbons (Fsp3) is 0.364. The molecule has 0 atom stereocenters. The lowest BCUT2D eigenvalue weighted by molar-refractivity contribution is -0.118. The van der Waals surface area contributed by atoms with Crippen molar-refractivity contribution in [1.29, 1.82) is 0 Å². The zero-order chi connectivity index (χ0) is 22.5. The molecule has 1 amide bonds. The minimum absolute atomic E-state index is 0.0117. The molecule has 31 heavy (non-hydrogen) atoms. The predicted octanol–water partition coefficient (Wildman–Crippen LogP) is 4.42. The first kappa shape index (κ1) is 23.5. The van der Waals surface area contributed by atoms with Crippen LogP contribution in [-0.2, 0) is 17.8 Å². The maximum Gasteiger partial charge on any atom is 0.262 e. The largest absolute Gasteiger partial charge is 0.356 e. The van der Waals surface area contributed by atoms with Crippen molar-refractivity contribution in [3.63, 3.8) is 0 Å². The molecule has 0 aliphatic heterocycles. The van der Waals surface area contributed by atoms with Crippen LogP contribution in [0.4, 0.5) is 0 Å². The molecule has 164 valence electrons. The molecule has 1 aromatic carbocycles. The molecule has 0 spiro atoms. The summed E-state index contributed by atoms with van der Waals surface area (Å²) in [6, 6.07) is 8.80. The van der Waals surface area contributed by atoms with Gasteiger partial charge in [0, 0.05) is 29.9 Å². The van der Waals surface area contributed by atoms with Crippen LogP contribution in [0.1, 0.15) is 35.3 Å². The number of carbonyl (C=O) groups is 2. The Kier molecular flexibility index (Phi) is 7.91. The van der Waals surface area contributed by atoms with Crippen molar-refractivity contribution in [3.8, 4) is 0 Å². The van der Waals surface area contributed by atoms with Gasteiger partial charge in [-0.3, -0.25) is 19.0 Å². The average Bonchev–Trinajstić information content (AvgIpc) is 3.17. The maximum atomic E-state index is 13.0. The van der Waals surface area contributed by atoms with Crippen LogP contribution in [-0.4, -0.2) is 33.5 Å². The third-order valence-electron chi connectivity index (χ3n) is 4.44. The second kappa shape index (κ2) is 10.4. The van der Waals surface area contributed by atoms with E-state index in [1.165, 1.54) is 30.0 Å². The second-order valence-corrected chi connectivity index (χ2v) is 10.1. The van der Waals surface area contributed by atoms with Gasteiger partial charge in [-0.1, -0.05) is 37.2 Å². The summed E-state index contributed by atoms with van der Waals surface area (Å²) in [7, 11) is 0. The molecule has 2 aromatic heterocycles. The first-order chi connectivity index (χ1) is 14.7. The Labute approximate surface area is 194 Å². The molecule has 0 saturated heterocycles. The topological polar surface area (TPSA) is 81.1 Å². The number of halogens is 1. The lowest BCUT2D eigenvalue weighted by Crippen LogP contribution is -2.25. The van der Waals surface area contributed by atoms with E-state index in [2.05, 4.69) is 10.3 Å². The summed E-state index contributed by atoms with van der Waals surface area (Å²) in [5, 5.41) is 4.25. The van der Waals surface area contributed by atoms with Crippen LogP contribution in [0.25, 0.3) is 10.9 Å². The summed E-state index contributed by atoms with van der Waals surface area (Å²) in [5.74, 6) is 0.355. The third-order valence-corrected chi connectivity index (χ3v) is 6.84. The number of carbonyl (C=O) groups excluding carboxylic acids is 2. The molecule has 0 bridgehead atoms. The molecule has 0 saturated carbocycles. The minimum atomic E-state index is -0.146. The summed E-state index contributed by atoms with van der Waals surface area (Å²) in [5.41, 5.74) is 0.424. The van der Waals surface area contributed by atoms with Crippen LogP contribution in [0.5, 0.6) is 0 Å². The fourth-order valence-corrected chi connectivity index (χ4v) is 5.13. The van der Waals surface area contributed by atoms with E-state index in [0.29, 0.717) is 45.5 Å². The summed E-state index contributed by atoms with van der Waals surface area (Å²) in [6.45, 7) is 6.60. The Hall–Kier alpha value is -2.16. The van der Waals surface area contributed by atoms with Gasteiger partial charge in [-0.15, -0.1) is 11.3 Å². The van der Waals surface area contributed by atoms with Gasteiger partial charge in [0.25, 0.3) is 5.56 Å². The van der Waals surface area contributed by atoms with Crippen molar-refractivity contribution in [2.75, 3.05) is 12.3 Å². The van der Waals surface area contributed by atoms with Gasteiger partial charge in [0.05, 0.1) is 21.5 Å². The molecule has 3 aromatic rings. The van der Waals surface area contributed by atoms with Crippen molar-refractivity contribution in [2.24, 2.45) is 5.92 Å². The fourth-order valence-electron chi connectivity index (χ4n) is 3.03. The van der Waals surface area contributed by atoms with Crippen LogP contribution in [0.2, 0.25) is 5.02 Å². The summed E-state index contributed by atoms with van der Waals surface area (Å²) < 4.78 is 1.63. The van der Waals surface area contributed by atoms with E-state index in [0.717, 1.165) is 4.88 Å². The van der Waals surface area contributed by atoms with Crippen molar-refractivity contribution in [3.05, 3.63) is 55.5 Å². The first-order valence-electron chi connectivity index (χ1n) is 9.94. The first-order valence-corrected chi connectivity index (χ1v) is 12.1. The highest BCUT2D eigenvalue weighted by Gasteiger charge is 2.16. The predicted molar refractivity (Wildman–Crippen MR) is 128 cm³/mol. The number of hydrogen-bond acceptors (Lipinski definition) is 6. The van der Waals surface area contributed by atoms with Crippen LogP contribution in [0.3, 0.4) is 0 Å². The van der Waals surface area contributed by atoms with Crippen LogP contribution < -0.4 is 10.9 Å². The number of nitrogens with one attached hydrogen (secondary N) is 1. The van der Waals surface area contributed by atoms with E-state index in [1.807, 2.05) is 26.0 Å². The smallest absolute Gasteiger partial charge is 0.262 e. The Balaban J connectivity index is 1.77. The molecule has 0 unspecified atom stereocenters. The number of rotatable bonds is 9. The quantitative estimate of drug-likeness (QED) is 0.280. The van der Waals surface area contributed by atoms with Crippen LogP contribution >= 0.6 is 34.7 Å². The highest BCUT2D eigenvalue weighted by molar-refractivity contribution is 7.99. The van der Waals surface area contributed by atoms with Gasteiger partial charge >= 0.3 is 0 Å². The SMILES string of the molecule is CC(=O)NCCc1ccc(C(=O)CSc2nc3ccc(Cl)cc3c(=O)n2CC(C)C)s1. The number of nitrogens with zero attached hydrogens (tertiary/aromatic N) is 2. The molecule has 0 aliphatic carbocycles. The zero-order valence-electron chi connectivity index (χ0n) is 17.6. The van der Waals surface area contributed by atoms with Crippen molar-refractivity contribution in [1.82, 2.24) is 14.9 Å². The summed E-state index contributed by atoms with van der Waals surface area (Å²) in [6.07, 6.45) is 0.688. The standard InChI is InChI=1S/C22H24ClN3O3S2/c1-13(2)11-26-21(29)17-10-15(23)4-6-18(17)25-22(26)30-12-19(28)20-7-5-16(31-20)8-9-24-14(3)27/h4-7,10,13H,8-9,11-12H2,1-3H3,(H,24,27). The average molecular weight is 478 g/mol. The molecule has 9 heteroatoms. The lowest BCUT2D eigenvalue weighted by atomic mass is 10.2. The number of hydrogen-bond donors (Lipinski definition) is 1. The number of ketones is 1. The number of thiophene rings is 1. The second-order valence-electron chi connectivity index (χ2n) is 7.58. The number of amides is 1. The molecule has 3 rings (SSSR count). The lowest BCUT2D eigenvalue weighted by Gasteiger charge is -2.14.